The number of thiazole rings is 1. The largest absolute Gasteiger partial charge is 0.507 e. The number of benzene rings is 3. The molecule has 0 amide bonds. The van der Waals surface area contributed by atoms with Gasteiger partial charge in [-0.1, -0.05) is 53.8 Å². The molecule has 1 aliphatic rings. The van der Waals surface area contributed by atoms with Crippen molar-refractivity contribution in [3.8, 4) is 11.5 Å². The number of phenols is 1. The van der Waals surface area contributed by atoms with Gasteiger partial charge in [-0.3, -0.25) is 19.5 Å². The fraction of sp³-hybridized carbons (Fsp3) is 0.138. The van der Waals surface area contributed by atoms with E-state index in [4.69, 9.17) is 14.5 Å². The fourth-order valence-electron chi connectivity index (χ4n) is 4.45. The van der Waals surface area contributed by atoms with E-state index in [0.717, 1.165) is 11.3 Å². The number of rotatable bonds is 7. The lowest BCUT2D eigenvalue weighted by Crippen LogP contribution is -2.40. The van der Waals surface area contributed by atoms with Gasteiger partial charge in [-0.25, -0.2) is 9.79 Å². The zero-order chi connectivity index (χ0) is 28.4. The molecule has 4 aromatic rings. The van der Waals surface area contributed by atoms with Crippen molar-refractivity contribution in [2.75, 3.05) is 13.7 Å². The third-order valence-electron chi connectivity index (χ3n) is 6.31. The number of nitrogens with zero attached hydrogens (tertiary/aromatic N) is 3. The van der Waals surface area contributed by atoms with E-state index in [9.17, 15) is 24.8 Å². The van der Waals surface area contributed by atoms with Gasteiger partial charge in [0.15, 0.2) is 4.80 Å². The molecule has 1 aliphatic heterocycles. The van der Waals surface area contributed by atoms with E-state index >= 15 is 0 Å². The second-order valence-corrected chi connectivity index (χ2v) is 9.71. The molecule has 1 atom stereocenters. The summed E-state index contributed by atoms with van der Waals surface area (Å²) in [5.41, 5.74) is 1.24. The number of carbonyl (C=O) groups excluding carboxylic acids is 1. The summed E-state index contributed by atoms with van der Waals surface area (Å²) in [6.45, 7) is 1.82. The highest BCUT2D eigenvalue weighted by molar-refractivity contribution is 7.07. The molecular formula is C29H23N3O7S. The molecule has 0 fully saturated rings. The van der Waals surface area contributed by atoms with Crippen molar-refractivity contribution >= 4 is 34.8 Å². The Kier molecular flexibility index (Phi) is 7.30. The smallest absolute Gasteiger partial charge is 0.338 e. The summed E-state index contributed by atoms with van der Waals surface area (Å²) in [6, 6.07) is 18.8. The first-order valence-electron chi connectivity index (χ1n) is 12.2. The van der Waals surface area contributed by atoms with Crippen LogP contribution in [0, 0.1) is 10.1 Å². The van der Waals surface area contributed by atoms with Crippen molar-refractivity contribution in [3.63, 3.8) is 0 Å². The molecule has 40 heavy (non-hydrogen) atoms. The molecule has 11 heteroatoms. The van der Waals surface area contributed by atoms with E-state index in [1.54, 1.807) is 38.3 Å². The Morgan fingerprint density at radius 1 is 1.15 bits per heavy atom. The van der Waals surface area contributed by atoms with Gasteiger partial charge in [0.1, 0.15) is 11.5 Å². The molecule has 202 valence electrons. The minimum Gasteiger partial charge on any atom is -0.507 e. The molecule has 5 rings (SSSR count). The van der Waals surface area contributed by atoms with E-state index in [2.05, 4.69) is 0 Å². The number of nitro benzene ring substituents is 1. The molecule has 0 unspecified atom stereocenters. The van der Waals surface area contributed by atoms with Gasteiger partial charge >= 0.3 is 5.97 Å². The van der Waals surface area contributed by atoms with Gasteiger partial charge in [0.05, 0.1) is 40.5 Å². The maximum atomic E-state index is 13.9. The first-order valence-corrected chi connectivity index (χ1v) is 13.0. The minimum absolute atomic E-state index is 0.105. The Balaban J connectivity index is 1.82. The lowest BCUT2D eigenvalue weighted by Gasteiger charge is -2.26. The van der Waals surface area contributed by atoms with Crippen LogP contribution in [0.1, 0.15) is 29.7 Å². The Morgan fingerprint density at radius 3 is 2.52 bits per heavy atom. The number of methoxy groups -OCH3 is 1. The van der Waals surface area contributed by atoms with Crippen molar-refractivity contribution in [2.24, 2.45) is 4.99 Å². The summed E-state index contributed by atoms with van der Waals surface area (Å²) < 4.78 is 12.3. The van der Waals surface area contributed by atoms with E-state index < -0.39 is 22.5 Å². The van der Waals surface area contributed by atoms with E-state index in [1.807, 2.05) is 30.3 Å². The van der Waals surface area contributed by atoms with Crippen molar-refractivity contribution in [1.82, 2.24) is 4.57 Å². The molecule has 10 nitrogen and oxygen atoms in total. The predicted molar refractivity (Wildman–Crippen MR) is 149 cm³/mol. The Bertz CT molecular complexity index is 1820. The zero-order valence-electron chi connectivity index (χ0n) is 21.4. The van der Waals surface area contributed by atoms with Crippen LogP contribution in [0.2, 0.25) is 0 Å². The minimum atomic E-state index is -0.891. The number of esters is 1. The molecule has 0 bridgehead atoms. The van der Waals surface area contributed by atoms with E-state index in [1.165, 1.54) is 28.8 Å². The molecule has 0 aliphatic carbocycles. The highest BCUT2D eigenvalue weighted by Crippen LogP contribution is 2.35. The molecule has 0 radical (unpaired) electrons. The summed E-state index contributed by atoms with van der Waals surface area (Å²) in [7, 11) is 1.54. The normalized spacial score (nSPS) is 14.8. The first-order chi connectivity index (χ1) is 19.3. The monoisotopic (exact) mass is 557 g/mol. The topological polar surface area (TPSA) is 133 Å². The number of non-ortho nitro benzene ring substituents is 1. The summed E-state index contributed by atoms with van der Waals surface area (Å²) in [4.78, 5) is 43.1. The van der Waals surface area contributed by atoms with Crippen LogP contribution < -0.4 is 19.6 Å². The third kappa shape index (κ3) is 4.90. The number of hydrogen-bond donors (Lipinski definition) is 1. The van der Waals surface area contributed by atoms with Crippen molar-refractivity contribution in [3.05, 3.63) is 125 Å². The Labute approximate surface area is 231 Å². The maximum absolute atomic E-state index is 13.9. The summed E-state index contributed by atoms with van der Waals surface area (Å²) in [5, 5.41) is 21.6. The second-order valence-electron chi connectivity index (χ2n) is 8.70. The number of nitro groups is 1. The molecule has 2 heterocycles. The lowest BCUT2D eigenvalue weighted by atomic mass is 9.93. The van der Waals surface area contributed by atoms with Gasteiger partial charge in [-0.05, 0) is 36.8 Å². The van der Waals surface area contributed by atoms with Crippen LogP contribution in [0.5, 0.6) is 11.5 Å². The lowest BCUT2D eigenvalue weighted by molar-refractivity contribution is -0.384. The Hall–Kier alpha value is -5.03. The summed E-state index contributed by atoms with van der Waals surface area (Å²) >= 11 is 1.05. The van der Waals surface area contributed by atoms with Crippen LogP contribution in [0.15, 0.2) is 88.2 Å². The fourth-order valence-corrected chi connectivity index (χ4v) is 5.45. The highest BCUT2D eigenvalue weighted by Gasteiger charge is 2.35. The van der Waals surface area contributed by atoms with E-state index in [0.29, 0.717) is 27.4 Å². The quantitative estimate of drug-likeness (QED) is 0.209. The van der Waals surface area contributed by atoms with Gasteiger partial charge in [0, 0.05) is 23.3 Å². The van der Waals surface area contributed by atoms with Gasteiger partial charge in [0.2, 0.25) is 0 Å². The van der Waals surface area contributed by atoms with Crippen LogP contribution in [-0.2, 0) is 9.53 Å². The summed E-state index contributed by atoms with van der Waals surface area (Å²) in [5.74, 6) is -0.237. The number of carbonyl (C=O) groups is 1. The molecule has 3 aromatic carbocycles. The molecule has 0 saturated heterocycles. The number of phenolic OH excluding ortho intramolecular Hbond substituents is 1. The van der Waals surface area contributed by atoms with Crippen LogP contribution in [0.3, 0.4) is 0 Å². The molecule has 0 saturated carbocycles. The zero-order valence-corrected chi connectivity index (χ0v) is 22.3. The molecule has 1 N–H and O–H groups in total. The average Bonchev–Trinajstić information content (AvgIpc) is 3.28. The third-order valence-corrected chi connectivity index (χ3v) is 7.30. The van der Waals surface area contributed by atoms with Crippen LogP contribution in [-0.4, -0.2) is 34.3 Å². The van der Waals surface area contributed by atoms with Crippen LogP contribution >= 0.6 is 11.3 Å². The maximum Gasteiger partial charge on any atom is 0.338 e. The first kappa shape index (κ1) is 26.6. The summed E-state index contributed by atoms with van der Waals surface area (Å²) in [6.07, 6.45) is 1.38. The SMILES string of the molecule is CCOC(=O)C1=C(c2ccccc2)N=c2s/c(=C\c3cc([N+](=O)[O-])ccc3O)c(=O)n2[C@@H]1c1ccc(OC)cc1. The number of aromatic hydroxyl groups is 1. The van der Waals surface area contributed by atoms with Crippen molar-refractivity contribution in [2.45, 2.75) is 13.0 Å². The number of aromatic nitrogens is 1. The van der Waals surface area contributed by atoms with Gasteiger partial charge in [0.25, 0.3) is 11.2 Å². The molecule has 1 aromatic heterocycles. The second kappa shape index (κ2) is 11.0. The average molecular weight is 558 g/mol. The molecule has 0 spiro atoms. The van der Waals surface area contributed by atoms with Gasteiger partial charge in [-0.2, -0.15) is 0 Å². The number of ether oxygens (including phenoxy) is 2. The standard InChI is InChI=1S/C29H23N3O7S/c1-3-39-28(35)24-25(17-7-5-4-6-8-17)30-29-31(26(24)18-9-12-21(38-2)13-10-18)27(34)23(40-29)16-19-15-20(32(36)37)11-14-22(19)33/h4-16,26,33H,3H2,1-2H3/b23-16-/t26-/m1/s1. The van der Waals surface area contributed by atoms with Crippen molar-refractivity contribution < 1.29 is 24.3 Å². The number of fused-ring (bicyclic) bond motifs is 1. The molecular weight excluding hydrogens is 534 g/mol. The van der Waals surface area contributed by atoms with Crippen molar-refractivity contribution in [1.29, 1.82) is 0 Å². The van der Waals surface area contributed by atoms with Crippen LogP contribution in [0.4, 0.5) is 5.69 Å². The van der Waals surface area contributed by atoms with Gasteiger partial charge < -0.3 is 14.6 Å². The van der Waals surface area contributed by atoms with Crippen LogP contribution in [0.25, 0.3) is 11.8 Å². The Morgan fingerprint density at radius 2 is 1.88 bits per heavy atom. The highest BCUT2D eigenvalue weighted by atomic mass is 32.1. The number of hydrogen-bond acceptors (Lipinski definition) is 9. The van der Waals surface area contributed by atoms with E-state index in [-0.39, 0.29) is 33.7 Å². The predicted octanol–water partition coefficient (Wildman–Crippen LogP) is 3.56. The van der Waals surface area contributed by atoms with Gasteiger partial charge in [-0.15, -0.1) is 0 Å².